The summed E-state index contributed by atoms with van der Waals surface area (Å²) < 4.78 is 1.20. The van der Waals surface area contributed by atoms with Crippen molar-refractivity contribution in [1.82, 2.24) is 24.6 Å². The maximum Gasteiger partial charge on any atom is 0.328 e. The van der Waals surface area contributed by atoms with Crippen LogP contribution in [0.4, 0.5) is 0 Å². The molecule has 0 fully saturated rings. The Labute approximate surface area is 168 Å². The molecule has 0 atom stereocenters. The van der Waals surface area contributed by atoms with Crippen LogP contribution < -0.4 is 11.2 Å². The van der Waals surface area contributed by atoms with E-state index in [1.165, 1.54) is 16.8 Å². The number of aryl methyl sites for hydroxylation is 1. The van der Waals surface area contributed by atoms with Crippen molar-refractivity contribution in [3.05, 3.63) is 75.2 Å². The third kappa shape index (κ3) is 5.78. The summed E-state index contributed by atoms with van der Waals surface area (Å²) in [7, 11) is 1.72. The van der Waals surface area contributed by atoms with Crippen molar-refractivity contribution in [2.45, 2.75) is 32.2 Å². The van der Waals surface area contributed by atoms with E-state index in [1.807, 2.05) is 30.3 Å². The van der Waals surface area contributed by atoms with E-state index >= 15 is 0 Å². The van der Waals surface area contributed by atoms with Crippen LogP contribution in [0, 0.1) is 0 Å². The number of hydrogen-bond donors (Lipinski definition) is 2. The number of carbonyl (C=O) groups is 1. The van der Waals surface area contributed by atoms with Gasteiger partial charge in [0.05, 0.1) is 5.69 Å². The third-order valence-corrected chi connectivity index (χ3v) is 4.77. The van der Waals surface area contributed by atoms with Gasteiger partial charge < -0.3 is 4.90 Å². The quantitative estimate of drug-likeness (QED) is 0.539. The van der Waals surface area contributed by atoms with Crippen molar-refractivity contribution in [2.24, 2.45) is 0 Å². The summed E-state index contributed by atoms with van der Waals surface area (Å²) in [5.74, 6) is -0.166. The van der Waals surface area contributed by atoms with Gasteiger partial charge in [0.2, 0.25) is 5.91 Å². The van der Waals surface area contributed by atoms with Crippen LogP contribution in [0.2, 0.25) is 0 Å². The number of nitrogens with one attached hydrogen (secondary N) is 2. The van der Waals surface area contributed by atoms with Gasteiger partial charge in [-0.25, -0.2) is 4.79 Å². The summed E-state index contributed by atoms with van der Waals surface area (Å²) in [6, 6.07) is 13.4. The predicted molar refractivity (Wildman–Crippen MR) is 111 cm³/mol. The maximum atomic E-state index is 12.2. The van der Waals surface area contributed by atoms with Crippen LogP contribution in [0.5, 0.6) is 0 Å². The lowest BCUT2D eigenvalue weighted by Crippen LogP contribution is -2.36. The van der Waals surface area contributed by atoms with Gasteiger partial charge in [-0.3, -0.25) is 24.2 Å². The minimum atomic E-state index is -0.575. The SMILES string of the molecule is CN(CCCCCc1cc(-c2ccccc2)n[nH]1)C(=O)Cn1ccc(=O)[nH]c1=O. The number of nitrogens with zero attached hydrogens (tertiary/aromatic N) is 3. The Balaban J connectivity index is 1.38. The molecule has 0 aliphatic carbocycles. The van der Waals surface area contributed by atoms with Gasteiger partial charge >= 0.3 is 5.69 Å². The molecule has 2 heterocycles. The molecule has 0 unspecified atom stereocenters. The van der Waals surface area contributed by atoms with E-state index < -0.39 is 11.2 Å². The van der Waals surface area contributed by atoms with Crippen molar-refractivity contribution < 1.29 is 4.79 Å². The maximum absolute atomic E-state index is 12.2. The first-order chi connectivity index (χ1) is 14.0. The average Bonchev–Trinajstić information content (AvgIpc) is 3.19. The number of carbonyl (C=O) groups excluding carboxylic acids is 1. The molecule has 0 aliphatic heterocycles. The van der Waals surface area contributed by atoms with Gasteiger partial charge in [-0.15, -0.1) is 0 Å². The molecular formula is C21H25N5O3. The van der Waals surface area contributed by atoms with Crippen molar-refractivity contribution in [3.63, 3.8) is 0 Å². The molecule has 3 aromatic rings. The second-order valence-corrected chi connectivity index (χ2v) is 7.01. The fourth-order valence-electron chi connectivity index (χ4n) is 3.05. The molecule has 0 aliphatic rings. The molecule has 29 heavy (non-hydrogen) atoms. The molecule has 0 bridgehead atoms. The van der Waals surface area contributed by atoms with Crippen LogP contribution in [0.3, 0.4) is 0 Å². The standard InChI is InChI=1S/C21H25N5O3/c1-25(20(28)15-26-13-11-19(27)22-21(26)29)12-7-3-6-10-17-14-18(24-23-17)16-8-4-2-5-9-16/h2,4-5,8-9,11,13-14H,3,6-7,10,12,15H2,1H3,(H,23,24)(H,22,27,29). The fraction of sp³-hybridized carbons (Fsp3) is 0.333. The van der Waals surface area contributed by atoms with Gasteiger partial charge in [-0.1, -0.05) is 36.8 Å². The van der Waals surface area contributed by atoms with Gasteiger partial charge in [0.1, 0.15) is 6.54 Å². The zero-order valence-corrected chi connectivity index (χ0v) is 16.4. The van der Waals surface area contributed by atoms with E-state index in [4.69, 9.17) is 0 Å². The molecule has 152 valence electrons. The van der Waals surface area contributed by atoms with E-state index in [0.29, 0.717) is 6.54 Å². The third-order valence-electron chi connectivity index (χ3n) is 4.77. The average molecular weight is 395 g/mol. The number of unbranched alkanes of at least 4 members (excludes halogenated alkanes) is 2. The van der Waals surface area contributed by atoms with E-state index in [0.717, 1.165) is 42.6 Å². The number of aromatic amines is 2. The highest BCUT2D eigenvalue weighted by Gasteiger charge is 2.10. The van der Waals surface area contributed by atoms with Gasteiger partial charge in [-0.05, 0) is 25.3 Å². The lowest BCUT2D eigenvalue weighted by atomic mass is 10.1. The fourth-order valence-corrected chi connectivity index (χ4v) is 3.05. The number of H-pyrrole nitrogens is 2. The summed E-state index contributed by atoms with van der Waals surface area (Å²) in [6.07, 6.45) is 5.10. The minimum Gasteiger partial charge on any atom is -0.344 e. The predicted octanol–water partition coefficient (Wildman–Crippen LogP) is 1.80. The normalized spacial score (nSPS) is 10.8. The Morgan fingerprint density at radius 3 is 2.66 bits per heavy atom. The number of aromatic nitrogens is 4. The zero-order chi connectivity index (χ0) is 20.6. The molecule has 1 amide bonds. The lowest BCUT2D eigenvalue weighted by molar-refractivity contribution is -0.130. The first-order valence-corrected chi connectivity index (χ1v) is 9.66. The van der Waals surface area contributed by atoms with Crippen molar-refractivity contribution in [3.8, 4) is 11.3 Å². The molecule has 0 radical (unpaired) electrons. The van der Waals surface area contributed by atoms with Crippen LogP contribution in [0.15, 0.2) is 58.3 Å². The molecule has 1 aromatic carbocycles. The van der Waals surface area contributed by atoms with E-state index in [-0.39, 0.29) is 12.5 Å². The van der Waals surface area contributed by atoms with Crippen molar-refractivity contribution in [2.75, 3.05) is 13.6 Å². The second kappa shape index (κ2) is 9.68. The lowest BCUT2D eigenvalue weighted by Gasteiger charge is -2.17. The Kier molecular flexibility index (Phi) is 6.78. The zero-order valence-electron chi connectivity index (χ0n) is 16.4. The molecular weight excluding hydrogens is 370 g/mol. The van der Waals surface area contributed by atoms with Gasteiger partial charge in [-0.2, -0.15) is 5.10 Å². The van der Waals surface area contributed by atoms with E-state index in [9.17, 15) is 14.4 Å². The summed E-state index contributed by atoms with van der Waals surface area (Å²) in [5.41, 5.74) is 2.10. The van der Waals surface area contributed by atoms with Crippen LogP contribution in [-0.2, 0) is 17.8 Å². The van der Waals surface area contributed by atoms with Crippen LogP contribution in [0.1, 0.15) is 25.0 Å². The van der Waals surface area contributed by atoms with Crippen LogP contribution >= 0.6 is 0 Å². The van der Waals surface area contributed by atoms with E-state index in [1.54, 1.807) is 11.9 Å². The van der Waals surface area contributed by atoms with Crippen molar-refractivity contribution in [1.29, 1.82) is 0 Å². The van der Waals surface area contributed by atoms with Gasteiger partial charge in [0.25, 0.3) is 5.56 Å². The molecule has 2 aromatic heterocycles. The molecule has 0 spiro atoms. The topological polar surface area (TPSA) is 104 Å². The van der Waals surface area contributed by atoms with E-state index in [2.05, 4.69) is 21.2 Å². The first kappa shape index (κ1) is 20.3. The summed E-state index contributed by atoms with van der Waals surface area (Å²) >= 11 is 0. The number of rotatable bonds is 9. The van der Waals surface area contributed by atoms with Crippen molar-refractivity contribution >= 4 is 5.91 Å². The number of likely N-dealkylation sites (N-methyl/N-ethyl adjacent to an activating group) is 1. The van der Waals surface area contributed by atoms with Gasteiger partial charge in [0.15, 0.2) is 0 Å². The molecule has 8 nitrogen and oxygen atoms in total. The Morgan fingerprint density at radius 2 is 1.90 bits per heavy atom. The number of benzene rings is 1. The highest BCUT2D eigenvalue weighted by atomic mass is 16.2. The summed E-state index contributed by atoms with van der Waals surface area (Å²) in [4.78, 5) is 38.7. The Hall–Kier alpha value is -3.42. The number of hydrogen-bond acceptors (Lipinski definition) is 4. The Bertz CT molecular complexity index is 1050. The smallest absolute Gasteiger partial charge is 0.328 e. The molecule has 8 heteroatoms. The molecule has 2 N–H and O–H groups in total. The largest absolute Gasteiger partial charge is 0.344 e. The summed E-state index contributed by atoms with van der Waals surface area (Å²) in [5, 5.41) is 7.45. The van der Waals surface area contributed by atoms with Gasteiger partial charge in [0, 0.05) is 37.1 Å². The second-order valence-electron chi connectivity index (χ2n) is 7.01. The highest BCUT2D eigenvalue weighted by Crippen LogP contribution is 2.17. The molecule has 0 saturated carbocycles. The minimum absolute atomic E-state index is 0.0808. The monoisotopic (exact) mass is 395 g/mol. The summed E-state index contributed by atoms with van der Waals surface area (Å²) in [6.45, 7) is 0.539. The molecule has 3 rings (SSSR count). The molecule has 0 saturated heterocycles. The first-order valence-electron chi connectivity index (χ1n) is 9.66. The highest BCUT2D eigenvalue weighted by molar-refractivity contribution is 5.75. The van der Waals surface area contributed by atoms with Crippen LogP contribution in [-0.4, -0.2) is 44.1 Å². The number of amides is 1. The Morgan fingerprint density at radius 1 is 1.10 bits per heavy atom. The van der Waals surface area contributed by atoms with Crippen LogP contribution in [0.25, 0.3) is 11.3 Å².